The lowest BCUT2D eigenvalue weighted by molar-refractivity contribution is -0.0583. The van der Waals surface area contributed by atoms with Crippen molar-refractivity contribution < 1.29 is 9.13 Å². The average Bonchev–Trinajstić information content (AvgIpc) is 2.29. The first-order valence-electron chi connectivity index (χ1n) is 6.52. The second-order valence-corrected chi connectivity index (χ2v) is 5.78. The van der Waals surface area contributed by atoms with Crippen molar-refractivity contribution in [2.45, 2.75) is 43.7 Å². The molecule has 102 valence electrons. The van der Waals surface area contributed by atoms with Crippen LogP contribution in [-0.2, 0) is 10.3 Å². The molecule has 0 radical (unpaired) electrons. The first-order valence-corrected chi connectivity index (χ1v) is 6.52. The molecule has 5 heteroatoms. The number of amidine groups is 1. The summed E-state index contributed by atoms with van der Waals surface area (Å²) in [5.74, 6) is -0.301. The zero-order valence-corrected chi connectivity index (χ0v) is 10.9. The summed E-state index contributed by atoms with van der Waals surface area (Å²) >= 11 is 0. The summed E-state index contributed by atoms with van der Waals surface area (Å²) in [5, 5.41) is 0. The van der Waals surface area contributed by atoms with E-state index in [0.29, 0.717) is 17.7 Å². The van der Waals surface area contributed by atoms with Crippen LogP contribution < -0.4 is 11.5 Å². The molecule has 2 aliphatic rings. The highest BCUT2D eigenvalue weighted by atomic mass is 19.1. The highest BCUT2D eigenvalue weighted by molar-refractivity contribution is 5.74. The average molecular weight is 263 g/mol. The molecule has 1 spiro atoms. The predicted octanol–water partition coefficient (Wildman–Crippen LogP) is 2.28. The van der Waals surface area contributed by atoms with E-state index in [1.165, 1.54) is 6.07 Å². The first kappa shape index (κ1) is 12.3. The Morgan fingerprint density at radius 1 is 1.32 bits per heavy atom. The van der Waals surface area contributed by atoms with E-state index in [2.05, 4.69) is 4.99 Å². The lowest BCUT2D eigenvalue weighted by Gasteiger charge is -2.48. The van der Waals surface area contributed by atoms with Gasteiger partial charge in [0, 0.05) is 17.7 Å². The van der Waals surface area contributed by atoms with Gasteiger partial charge in [0.1, 0.15) is 11.4 Å². The number of ether oxygens (including phenoxy) is 1. The second-order valence-electron chi connectivity index (χ2n) is 5.78. The van der Waals surface area contributed by atoms with Crippen LogP contribution in [0.25, 0.3) is 0 Å². The van der Waals surface area contributed by atoms with Gasteiger partial charge >= 0.3 is 0 Å². The largest absolute Gasteiger partial charge is 0.459 e. The van der Waals surface area contributed by atoms with Crippen molar-refractivity contribution >= 4 is 11.7 Å². The molecule has 1 aliphatic carbocycles. The smallest absolute Gasteiger partial charge is 0.283 e. The third-order valence-corrected chi connectivity index (χ3v) is 4.18. The highest BCUT2D eigenvalue weighted by Crippen LogP contribution is 2.49. The van der Waals surface area contributed by atoms with Crippen molar-refractivity contribution in [2.24, 2.45) is 10.7 Å². The summed E-state index contributed by atoms with van der Waals surface area (Å²) < 4.78 is 19.8. The Balaban J connectivity index is 2.06. The Hall–Kier alpha value is -1.78. The van der Waals surface area contributed by atoms with Crippen LogP contribution in [0.5, 0.6) is 0 Å². The monoisotopic (exact) mass is 263 g/mol. The van der Waals surface area contributed by atoms with Crippen LogP contribution in [0.4, 0.5) is 10.1 Å². The molecule has 1 aliphatic heterocycles. The van der Waals surface area contributed by atoms with E-state index in [0.717, 1.165) is 19.3 Å². The molecule has 1 fully saturated rings. The van der Waals surface area contributed by atoms with Crippen molar-refractivity contribution in [3.05, 3.63) is 29.6 Å². The fourth-order valence-corrected chi connectivity index (χ4v) is 3.15. The maximum Gasteiger partial charge on any atom is 0.283 e. The van der Waals surface area contributed by atoms with E-state index in [1.54, 1.807) is 12.1 Å². The van der Waals surface area contributed by atoms with Crippen LogP contribution in [0.2, 0.25) is 0 Å². The quantitative estimate of drug-likeness (QED) is 0.763. The Morgan fingerprint density at radius 2 is 2.05 bits per heavy atom. The summed E-state index contributed by atoms with van der Waals surface area (Å²) in [6.07, 6.45) is 3.65. The van der Waals surface area contributed by atoms with Gasteiger partial charge in [-0.1, -0.05) is 0 Å². The highest BCUT2D eigenvalue weighted by Gasteiger charge is 2.50. The SMILES string of the molecule is CC1(c2cc(N)ccc2F)CC2(CCC2)OC(N)=N1. The van der Waals surface area contributed by atoms with Gasteiger partial charge in [0.05, 0.1) is 5.54 Å². The molecular weight excluding hydrogens is 245 g/mol. The molecule has 1 aromatic carbocycles. The molecule has 1 aromatic rings. The number of nitrogen functional groups attached to an aromatic ring is 1. The van der Waals surface area contributed by atoms with Crippen molar-refractivity contribution in [3.63, 3.8) is 0 Å². The normalized spacial score (nSPS) is 28.4. The molecular formula is C14H18FN3O. The van der Waals surface area contributed by atoms with Gasteiger partial charge < -0.3 is 16.2 Å². The van der Waals surface area contributed by atoms with Crippen molar-refractivity contribution in [1.82, 2.24) is 0 Å². The zero-order chi connectivity index (χ0) is 13.7. The van der Waals surface area contributed by atoms with Gasteiger partial charge in [0.25, 0.3) is 6.02 Å². The van der Waals surface area contributed by atoms with E-state index in [1.807, 2.05) is 6.92 Å². The Labute approximate surface area is 111 Å². The minimum Gasteiger partial charge on any atom is -0.459 e. The fourth-order valence-electron chi connectivity index (χ4n) is 3.15. The zero-order valence-electron chi connectivity index (χ0n) is 10.9. The molecule has 3 rings (SSSR count). The number of nitrogens with zero attached hydrogens (tertiary/aromatic N) is 1. The molecule has 0 saturated heterocycles. The van der Waals surface area contributed by atoms with E-state index in [-0.39, 0.29) is 17.4 Å². The molecule has 0 bridgehead atoms. The molecule has 1 unspecified atom stereocenters. The lowest BCUT2D eigenvalue weighted by atomic mass is 9.69. The molecule has 19 heavy (non-hydrogen) atoms. The molecule has 1 heterocycles. The van der Waals surface area contributed by atoms with Crippen LogP contribution in [0.1, 0.15) is 38.2 Å². The number of rotatable bonds is 1. The number of hydrogen-bond donors (Lipinski definition) is 2. The Morgan fingerprint density at radius 3 is 2.68 bits per heavy atom. The van der Waals surface area contributed by atoms with E-state index in [9.17, 15) is 4.39 Å². The molecule has 4 N–H and O–H groups in total. The molecule has 1 atom stereocenters. The summed E-state index contributed by atoms with van der Waals surface area (Å²) in [6, 6.07) is 4.72. The van der Waals surface area contributed by atoms with Gasteiger partial charge in [-0.15, -0.1) is 0 Å². The van der Waals surface area contributed by atoms with E-state index in [4.69, 9.17) is 16.2 Å². The van der Waals surface area contributed by atoms with Crippen molar-refractivity contribution in [1.29, 1.82) is 0 Å². The summed E-state index contributed by atoms with van der Waals surface area (Å²) in [7, 11) is 0. The third kappa shape index (κ3) is 1.93. The number of anilines is 1. The fraction of sp³-hybridized carbons (Fsp3) is 0.500. The summed E-state index contributed by atoms with van der Waals surface area (Å²) in [5.41, 5.74) is 11.6. The lowest BCUT2D eigenvalue weighted by Crippen LogP contribution is -2.52. The topological polar surface area (TPSA) is 73.6 Å². The van der Waals surface area contributed by atoms with Crippen LogP contribution in [0, 0.1) is 5.82 Å². The van der Waals surface area contributed by atoms with Crippen LogP contribution in [-0.4, -0.2) is 11.6 Å². The van der Waals surface area contributed by atoms with Crippen LogP contribution >= 0.6 is 0 Å². The molecule has 0 amide bonds. The number of halogens is 1. The summed E-state index contributed by atoms with van der Waals surface area (Å²) in [6.45, 7) is 1.89. The molecule has 4 nitrogen and oxygen atoms in total. The van der Waals surface area contributed by atoms with E-state index < -0.39 is 5.54 Å². The standard InChI is InChI=1S/C14H18FN3O/c1-13(10-7-9(16)3-4-11(10)15)8-14(5-2-6-14)19-12(17)18-13/h3-4,7H,2,5-6,8,16H2,1H3,(H2,17,18). The number of benzene rings is 1. The third-order valence-electron chi connectivity index (χ3n) is 4.18. The van der Waals surface area contributed by atoms with Gasteiger partial charge in [0.2, 0.25) is 0 Å². The van der Waals surface area contributed by atoms with Gasteiger partial charge in [0.15, 0.2) is 0 Å². The second kappa shape index (κ2) is 3.85. The minimum absolute atomic E-state index is 0.148. The van der Waals surface area contributed by atoms with Gasteiger partial charge in [-0.05, 0) is 44.4 Å². The predicted molar refractivity (Wildman–Crippen MR) is 72.1 cm³/mol. The minimum atomic E-state index is -0.706. The van der Waals surface area contributed by atoms with E-state index >= 15 is 0 Å². The number of nitrogens with two attached hydrogens (primary N) is 2. The Kier molecular flexibility index (Phi) is 2.49. The van der Waals surface area contributed by atoms with Gasteiger partial charge in [-0.3, -0.25) is 0 Å². The maximum atomic E-state index is 14.1. The number of hydrogen-bond acceptors (Lipinski definition) is 4. The van der Waals surface area contributed by atoms with Crippen molar-refractivity contribution in [3.8, 4) is 0 Å². The summed E-state index contributed by atoms with van der Waals surface area (Å²) in [4.78, 5) is 4.34. The van der Waals surface area contributed by atoms with Gasteiger partial charge in [-0.2, -0.15) is 0 Å². The van der Waals surface area contributed by atoms with Crippen LogP contribution in [0.3, 0.4) is 0 Å². The van der Waals surface area contributed by atoms with Crippen LogP contribution in [0.15, 0.2) is 23.2 Å². The first-order chi connectivity index (χ1) is 8.92. The molecule has 0 aromatic heterocycles. The van der Waals surface area contributed by atoms with Gasteiger partial charge in [-0.25, -0.2) is 9.38 Å². The van der Waals surface area contributed by atoms with Crippen molar-refractivity contribution in [2.75, 3.05) is 5.73 Å². The number of aliphatic imine (C=N–C) groups is 1. The maximum absolute atomic E-state index is 14.1. The molecule has 1 saturated carbocycles. The Bertz CT molecular complexity index is 554.